The van der Waals surface area contributed by atoms with E-state index in [4.69, 9.17) is 16.3 Å². The molecule has 6 nitrogen and oxygen atoms in total. The molecular weight excluding hydrogens is 354 g/mol. The molecule has 1 fully saturated rings. The predicted molar refractivity (Wildman–Crippen MR) is 102 cm³/mol. The minimum absolute atomic E-state index is 0.483. The summed E-state index contributed by atoms with van der Waals surface area (Å²) < 4.78 is 5.11. The Bertz CT molecular complexity index is 804. The Kier molecular flexibility index (Phi) is 5.63. The Morgan fingerprint density at radius 2 is 1.77 bits per heavy atom. The van der Waals surface area contributed by atoms with Crippen LogP contribution < -0.4 is 15.0 Å². The van der Waals surface area contributed by atoms with Gasteiger partial charge in [0.1, 0.15) is 5.75 Å². The first kappa shape index (κ1) is 18.1. The number of anilines is 2. The number of hydrogen-bond donors (Lipinski definition) is 1. The molecule has 3 rings (SSSR count). The van der Waals surface area contributed by atoms with Gasteiger partial charge in [-0.25, -0.2) is 0 Å². The highest BCUT2D eigenvalue weighted by Gasteiger charge is 2.26. The van der Waals surface area contributed by atoms with Gasteiger partial charge in [0.15, 0.2) is 0 Å². The van der Waals surface area contributed by atoms with E-state index in [-0.39, 0.29) is 0 Å². The zero-order valence-electron chi connectivity index (χ0n) is 14.4. The molecule has 1 aliphatic heterocycles. The highest BCUT2D eigenvalue weighted by Crippen LogP contribution is 2.21. The van der Waals surface area contributed by atoms with Crippen LogP contribution in [0.5, 0.6) is 5.75 Å². The van der Waals surface area contributed by atoms with E-state index in [9.17, 15) is 9.59 Å². The van der Waals surface area contributed by atoms with Gasteiger partial charge in [-0.15, -0.1) is 0 Å². The van der Waals surface area contributed by atoms with Gasteiger partial charge in [-0.05, 0) is 30.3 Å². The third kappa shape index (κ3) is 4.26. The van der Waals surface area contributed by atoms with Crippen molar-refractivity contribution in [2.24, 2.45) is 0 Å². The lowest BCUT2D eigenvalue weighted by molar-refractivity contribution is -0.143. The summed E-state index contributed by atoms with van der Waals surface area (Å²) in [5.41, 5.74) is 1.55. The van der Waals surface area contributed by atoms with Crippen molar-refractivity contribution in [2.45, 2.75) is 0 Å². The van der Waals surface area contributed by atoms with Gasteiger partial charge in [0.2, 0.25) is 0 Å². The van der Waals surface area contributed by atoms with Crippen molar-refractivity contribution in [3.8, 4) is 5.75 Å². The number of nitrogens with zero attached hydrogens (tertiary/aromatic N) is 2. The maximum absolute atomic E-state index is 12.4. The van der Waals surface area contributed by atoms with Gasteiger partial charge in [0.25, 0.3) is 0 Å². The van der Waals surface area contributed by atoms with Gasteiger partial charge in [0, 0.05) is 48.6 Å². The lowest BCUT2D eigenvalue weighted by Gasteiger charge is -2.35. The van der Waals surface area contributed by atoms with Crippen LogP contribution in [0.25, 0.3) is 0 Å². The smallest absolute Gasteiger partial charge is 0.313 e. The van der Waals surface area contributed by atoms with Crippen LogP contribution in [0.1, 0.15) is 0 Å². The molecule has 0 saturated carbocycles. The second-order valence-electron chi connectivity index (χ2n) is 5.95. The normalized spacial score (nSPS) is 14.1. The summed E-state index contributed by atoms with van der Waals surface area (Å²) in [6.07, 6.45) is 0. The van der Waals surface area contributed by atoms with Crippen molar-refractivity contribution in [2.75, 3.05) is 43.5 Å². The van der Waals surface area contributed by atoms with Crippen LogP contribution >= 0.6 is 11.6 Å². The molecule has 0 radical (unpaired) electrons. The highest BCUT2D eigenvalue weighted by molar-refractivity contribution is 6.39. The lowest BCUT2D eigenvalue weighted by atomic mass is 10.2. The van der Waals surface area contributed by atoms with Crippen molar-refractivity contribution in [1.82, 2.24) is 4.90 Å². The number of nitrogens with one attached hydrogen (secondary N) is 1. The first-order valence-electron chi connectivity index (χ1n) is 8.31. The molecule has 7 heteroatoms. The quantitative estimate of drug-likeness (QED) is 0.840. The molecule has 0 bridgehead atoms. The Labute approximate surface area is 157 Å². The van der Waals surface area contributed by atoms with E-state index in [0.29, 0.717) is 42.6 Å². The Balaban J connectivity index is 1.56. The van der Waals surface area contributed by atoms with E-state index in [1.54, 1.807) is 36.3 Å². The molecule has 0 atom stereocenters. The van der Waals surface area contributed by atoms with E-state index >= 15 is 0 Å². The molecular formula is C19H20ClN3O3. The van der Waals surface area contributed by atoms with Crippen LogP contribution in [0.2, 0.25) is 5.02 Å². The van der Waals surface area contributed by atoms with E-state index in [2.05, 4.69) is 10.2 Å². The summed E-state index contributed by atoms with van der Waals surface area (Å²) >= 11 is 6.03. The summed E-state index contributed by atoms with van der Waals surface area (Å²) in [7, 11) is 1.55. The van der Waals surface area contributed by atoms with Gasteiger partial charge < -0.3 is 19.9 Å². The van der Waals surface area contributed by atoms with Gasteiger partial charge >= 0.3 is 11.8 Å². The number of carbonyl (C=O) groups is 2. The average Bonchev–Trinajstić information content (AvgIpc) is 2.67. The number of piperazine rings is 1. The maximum Gasteiger partial charge on any atom is 0.313 e. The minimum Gasteiger partial charge on any atom is -0.497 e. The zero-order valence-corrected chi connectivity index (χ0v) is 15.2. The number of benzene rings is 2. The zero-order chi connectivity index (χ0) is 18.5. The molecule has 1 N–H and O–H groups in total. The van der Waals surface area contributed by atoms with Gasteiger partial charge in [-0.3, -0.25) is 9.59 Å². The predicted octanol–water partition coefficient (Wildman–Crippen LogP) is 2.64. The van der Waals surface area contributed by atoms with Crippen LogP contribution in [0.3, 0.4) is 0 Å². The number of methoxy groups -OCH3 is 1. The Morgan fingerprint density at radius 1 is 1.04 bits per heavy atom. The molecule has 1 aliphatic rings. The van der Waals surface area contributed by atoms with Crippen LogP contribution in [-0.4, -0.2) is 50.0 Å². The number of carbonyl (C=O) groups excluding carboxylic acids is 2. The lowest BCUT2D eigenvalue weighted by Crippen LogP contribution is -2.51. The SMILES string of the molecule is COc1cccc(NC(=O)C(=O)N2CCN(c3cccc(Cl)c3)CC2)c1. The first-order chi connectivity index (χ1) is 12.6. The molecule has 0 spiro atoms. The van der Waals surface area contributed by atoms with Crippen LogP contribution in [0.4, 0.5) is 11.4 Å². The monoisotopic (exact) mass is 373 g/mol. The molecule has 0 aromatic heterocycles. The average molecular weight is 374 g/mol. The Morgan fingerprint density at radius 3 is 2.46 bits per heavy atom. The van der Waals surface area contributed by atoms with E-state index in [1.807, 2.05) is 24.3 Å². The summed E-state index contributed by atoms with van der Waals surface area (Å²) in [5, 5.41) is 3.30. The van der Waals surface area contributed by atoms with Crippen LogP contribution in [0.15, 0.2) is 48.5 Å². The standard InChI is InChI=1S/C19H20ClN3O3/c1-26-17-7-3-5-15(13-17)21-18(24)19(25)23-10-8-22(9-11-23)16-6-2-4-14(20)12-16/h2-7,12-13H,8-11H2,1H3,(H,21,24). The molecule has 2 aromatic carbocycles. The van der Waals surface area contributed by atoms with Crippen molar-refractivity contribution in [3.05, 3.63) is 53.6 Å². The third-order valence-corrected chi connectivity index (χ3v) is 4.50. The Hall–Kier alpha value is -2.73. The summed E-state index contributed by atoms with van der Waals surface area (Å²) in [6, 6.07) is 14.5. The van der Waals surface area contributed by atoms with Gasteiger partial charge in [0.05, 0.1) is 7.11 Å². The number of hydrogen-bond acceptors (Lipinski definition) is 4. The van der Waals surface area contributed by atoms with E-state index in [0.717, 1.165) is 5.69 Å². The summed E-state index contributed by atoms with van der Waals surface area (Å²) in [5.74, 6) is -0.557. The van der Waals surface area contributed by atoms with Gasteiger partial charge in [-0.2, -0.15) is 0 Å². The summed E-state index contributed by atoms with van der Waals surface area (Å²) in [6.45, 7) is 2.27. The minimum atomic E-state index is -0.644. The van der Waals surface area contributed by atoms with Crippen molar-refractivity contribution in [3.63, 3.8) is 0 Å². The molecule has 26 heavy (non-hydrogen) atoms. The fourth-order valence-electron chi connectivity index (χ4n) is 2.87. The first-order valence-corrected chi connectivity index (χ1v) is 8.69. The van der Waals surface area contributed by atoms with Crippen molar-refractivity contribution >= 4 is 34.8 Å². The summed E-state index contributed by atoms with van der Waals surface area (Å²) in [4.78, 5) is 28.3. The highest BCUT2D eigenvalue weighted by atomic mass is 35.5. The van der Waals surface area contributed by atoms with Crippen molar-refractivity contribution < 1.29 is 14.3 Å². The largest absolute Gasteiger partial charge is 0.497 e. The van der Waals surface area contributed by atoms with Crippen molar-refractivity contribution in [1.29, 1.82) is 0 Å². The number of halogens is 1. The fraction of sp³-hybridized carbons (Fsp3) is 0.263. The maximum atomic E-state index is 12.4. The third-order valence-electron chi connectivity index (χ3n) is 4.26. The molecule has 0 aliphatic carbocycles. The molecule has 136 valence electrons. The topological polar surface area (TPSA) is 61.9 Å². The van der Waals surface area contributed by atoms with E-state index in [1.165, 1.54) is 0 Å². The second kappa shape index (κ2) is 8.10. The number of rotatable bonds is 3. The molecule has 0 unspecified atom stereocenters. The second-order valence-corrected chi connectivity index (χ2v) is 6.38. The van der Waals surface area contributed by atoms with Crippen LogP contribution in [0, 0.1) is 0 Å². The molecule has 2 amide bonds. The molecule has 1 saturated heterocycles. The van der Waals surface area contributed by atoms with Gasteiger partial charge in [-0.1, -0.05) is 23.7 Å². The number of ether oxygens (including phenoxy) is 1. The fourth-order valence-corrected chi connectivity index (χ4v) is 3.05. The molecule has 1 heterocycles. The van der Waals surface area contributed by atoms with Crippen LogP contribution in [-0.2, 0) is 9.59 Å². The molecule has 2 aromatic rings. The van der Waals surface area contributed by atoms with E-state index < -0.39 is 11.8 Å². The number of amides is 2.